The minimum Gasteiger partial charge on any atom is -0.348 e. The van der Waals surface area contributed by atoms with E-state index in [4.69, 9.17) is 11.6 Å². The second kappa shape index (κ2) is 9.00. The van der Waals surface area contributed by atoms with Gasteiger partial charge in [0.05, 0.1) is 16.1 Å². The van der Waals surface area contributed by atoms with E-state index in [1.165, 1.54) is 0 Å². The predicted molar refractivity (Wildman–Crippen MR) is 108 cm³/mol. The van der Waals surface area contributed by atoms with Crippen molar-refractivity contribution in [2.45, 2.75) is 12.7 Å². The molecule has 0 radical (unpaired) electrons. The smallest absolute Gasteiger partial charge is 0.348 e. The van der Waals surface area contributed by atoms with Crippen LogP contribution in [0.3, 0.4) is 0 Å². The second-order valence-electron chi connectivity index (χ2n) is 6.37. The molecule has 2 N–H and O–H groups in total. The average Bonchev–Trinajstić information content (AvgIpc) is 2.72. The number of anilines is 1. The highest BCUT2D eigenvalue weighted by atomic mass is 35.5. The van der Waals surface area contributed by atoms with Gasteiger partial charge >= 0.3 is 6.18 Å². The Kier molecular flexibility index (Phi) is 6.42. The number of para-hydroxylation sites is 1. The van der Waals surface area contributed by atoms with Crippen LogP contribution < -0.4 is 10.6 Å². The van der Waals surface area contributed by atoms with Crippen molar-refractivity contribution in [3.63, 3.8) is 0 Å². The van der Waals surface area contributed by atoms with E-state index in [9.17, 15) is 22.8 Å². The van der Waals surface area contributed by atoms with Gasteiger partial charge in [0.15, 0.2) is 0 Å². The van der Waals surface area contributed by atoms with Gasteiger partial charge in [-0.25, -0.2) is 0 Å². The van der Waals surface area contributed by atoms with Gasteiger partial charge in [0, 0.05) is 17.8 Å². The van der Waals surface area contributed by atoms with Crippen molar-refractivity contribution >= 4 is 29.1 Å². The lowest BCUT2D eigenvalue weighted by atomic mass is 10.0. The standard InChI is InChI=1S/C22H16ClF3N2O2/c23-19-17(21(30)28-16-9-5-2-6-10-16)11-15(12-18(19)22(24,25)26)20(29)27-13-14-7-3-1-4-8-14/h1-12H,13H2,(H,27,29)(H,28,30). The van der Waals surface area contributed by atoms with E-state index in [1.807, 2.05) is 0 Å². The van der Waals surface area contributed by atoms with Gasteiger partial charge in [-0.1, -0.05) is 60.1 Å². The van der Waals surface area contributed by atoms with Crippen LogP contribution in [0.2, 0.25) is 5.02 Å². The zero-order chi connectivity index (χ0) is 21.7. The molecule has 3 aromatic carbocycles. The van der Waals surface area contributed by atoms with Gasteiger partial charge in [0.25, 0.3) is 11.8 Å². The number of alkyl halides is 3. The Morgan fingerprint density at radius 2 is 1.47 bits per heavy atom. The molecule has 0 saturated carbocycles. The van der Waals surface area contributed by atoms with Crippen LogP contribution >= 0.6 is 11.6 Å². The summed E-state index contributed by atoms with van der Waals surface area (Å²) in [5.74, 6) is -1.61. The summed E-state index contributed by atoms with van der Waals surface area (Å²) in [5, 5.41) is 4.26. The van der Waals surface area contributed by atoms with E-state index >= 15 is 0 Å². The molecule has 0 aliphatic rings. The van der Waals surface area contributed by atoms with Gasteiger partial charge in [-0.15, -0.1) is 0 Å². The van der Waals surface area contributed by atoms with Crippen LogP contribution in [-0.2, 0) is 12.7 Å². The van der Waals surface area contributed by atoms with E-state index in [2.05, 4.69) is 10.6 Å². The first-order valence-electron chi connectivity index (χ1n) is 8.85. The minimum absolute atomic E-state index is 0.120. The molecule has 3 rings (SSSR count). The number of hydrogen-bond acceptors (Lipinski definition) is 2. The lowest BCUT2D eigenvalue weighted by molar-refractivity contribution is -0.137. The lowest BCUT2D eigenvalue weighted by Gasteiger charge is -2.15. The molecule has 0 aromatic heterocycles. The van der Waals surface area contributed by atoms with Crippen LogP contribution in [0.15, 0.2) is 72.8 Å². The molecule has 0 aliphatic carbocycles. The van der Waals surface area contributed by atoms with Crippen molar-refractivity contribution in [1.82, 2.24) is 5.32 Å². The molecule has 0 heterocycles. The molecule has 2 amide bonds. The Labute approximate surface area is 175 Å². The van der Waals surface area contributed by atoms with Gasteiger partial charge in [0.1, 0.15) is 0 Å². The highest BCUT2D eigenvalue weighted by molar-refractivity contribution is 6.35. The number of hydrogen-bond donors (Lipinski definition) is 2. The molecule has 154 valence electrons. The minimum atomic E-state index is -4.84. The van der Waals surface area contributed by atoms with Crippen LogP contribution in [0.1, 0.15) is 31.8 Å². The Morgan fingerprint density at radius 1 is 0.867 bits per heavy atom. The third-order valence-electron chi connectivity index (χ3n) is 4.21. The van der Waals surface area contributed by atoms with Crippen LogP contribution in [0.4, 0.5) is 18.9 Å². The molecular weight excluding hydrogens is 417 g/mol. The number of nitrogens with one attached hydrogen (secondary N) is 2. The number of halogens is 4. The Morgan fingerprint density at radius 3 is 2.07 bits per heavy atom. The molecule has 3 aromatic rings. The highest BCUT2D eigenvalue weighted by Crippen LogP contribution is 2.37. The fourth-order valence-corrected chi connectivity index (χ4v) is 3.03. The third-order valence-corrected chi connectivity index (χ3v) is 4.62. The second-order valence-corrected chi connectivity index (χ2v) is 6.75. The zero-order valence-electron chi connectivity index (χ0n) is 15.5. The van der Waals surface area contributed by atoms with Crippen LogP contribution in [0.5, 0.6) is 0 Å². The van der Waals surface area contributed by atoms with Crippen molar-refractivity contribution in [3.8, 4) is 0 Å². The molecule has 0 spiro atoms. The van der Waals surface area contributed by atoms with E-state index < -0.39 is 34.1 Å². The topological polar surface area (TPSA) is 58.2 Å². The van der Waals surface area contributed by atoms with Crippen LogP contribution in [-0.4, -0.2) is 11.8 Å². The van der Waals surface area contributed by atoms with Crippen molar-refractivity contribution in [3.05, 3.63) is 100 Å². The van der Waals surface area contributed by atoms with Gasteiger partial charge in [-0.05, 0) is 29.8 Å². The number of carbonyl (C=O) groups excluding carboxylic acids is 2. The SMILES string of the molecule is O=C(NCc1ccccc1)c1cc(C(=O)Nc2ccccc2)c(Cl)c(C(F)(F)F)c1. The largest absolute Gasteiger partial charge is 0.417 e. The maximum atomic E-state index is 13.5. The quantitative estimate of drug-likeness (QED) is 0.556. The summed E-state index contributed by atoms with van der Waals surface area (Å²) >= 11 is 5.89. The molecule has 0 unspecified atom stereocenters. The van der Waals surface area contributed by atoms with Crippen molar-refractivity contribution in [2.75, 3.05) is 5.32 Å². The molecule has 0 fully saturated rings. The van der Waals surface area contributed by atoms with Crippen molar-refractivity contribution < 1.29 is 22.8 Å². The normalized spacial score (nSPS) is 11.1. The van der Waals surface area contributed by atoms with Crippen LogP contribution in [0, 0.1) is 0 Å². The summed E-state index contributed by atoms with van der Waals surface area (Å²) in [4.78, 5) is 25.1. The highest BCUT2D eigenvalue weighted by Gasteiger charge is 2.36. The van der Waals surface area contributed by atoms with Gasteiger partial charge < -0.3 is 10.6 Å². The fourth-order valence-electron chi connectivity index (χ4n) is 2.73. The average molecular weight is 433 g/mol. The maximum Gasteiger partial charge on any atom is 0.417 e. The maximum absolute atomic E-state index is 13.5. The first kappa shape index (κ1) is 21.4. The monoisotopic (exact) mass is 432 g/mol. The number of benzene rings is 3. The Balaban J connectivity index is 1.92. The first-order chi connectivity index (χ1) is 14.3. The van der Waals surface area contributed by atoms with E-state index in [0.717, 1.165) is 11.6 Å². The molecule has 0 bridgehead atoms. The number of carbonyl (C=O) groups is 2. The van der Waals surface area contributed by atoms with Crippen LogP contribution in [0.25, 0.3) is 0 Å². The Hall–Kier alpha value is -3.32. The third kappa shape index (κ3) is 5.18. The van der Waals surface area contributed by atoms with E-state index in [-0.39, 0.29) is 12.1 Å². The molecule has 8 heteroatoms. The summed E-state index contributed by atoms with van der Waals surface area (Å²) in [5.41, 5.74) is -0.861. The number of amides is 2. The molecule has 0 atom stereocenters. The summed E-state index contributed by atoms with van der Waals surface area (Å²) in [6, 6.07) is 18.8. The fraction of sp³-hybridized carbons (Fsp3) is 0.0909. The molecule has 30 heavy (non-hydrogen) atoms. The molecular formula is C22H16ClF3N2O2. The predicted octanol–water partition coefficient (Wildman–Crippen LogP) is 5.54. The first-order valence-corrected chi connectivity index (χ1v) is 9.23. The summed E-state index contributed by atoms with van der Waals surface area (Å²) < 4.78 is 40.4. The number of rotatable bonds is 5. The summed E-state index contributed by atoms with van der Waals surface area (Å²) in [7, 11) is 0. The molecule has 0 aliphatic heterocycles. The van der Waals surface area contributed by atoms with Crippen molar-refractivity contribution in [1.29, 1.82) is 0 Å². The van der Waals surface area contributed by atoms with Gasteiger partial charge in [0.2, 0.25) is 0 Å². The van der Waals surface area contributed by atoms with Gasteiger partial charge in [-0.3, -0.25) is 9.59 Å². The Bertz CT molecular complexity index is 1060. The molecule has 4 nitrogen and oxygen atoms in total. The van der Waals surface area contributed by atoms with Crippen molar-refractivity contribution in [2.24, 2.45) is 0 Å². The summed E-state index contributed by atoms with van der Waals surface area (Å²) in [6.07, 6.45) is -4.84. The molecule has 0 saturated heterocycles. The van der Waals surface area contributed by atoms with Gasteiger partial charge in [-0.2, -0.15) is 13.2 Å². The lowest BCUT2D eigenvalue weighted by Crippen LogP contribution is -2.25. The zero-order valence-corrected chi connectivity index (χ0v) is 16.2. The van der Waals surface area contributed by atoms with E-state index in [0.29, 0.717) is 11.8 Å². The summed E-state index contributed by atoms with van der Waals surface area (Å²) in [6.45, 7) is 0.120. The van der Waals surface area contributed by atoms with E-state index in [1.54, 1.807) is 60.7 Å².